The standard InChI is InChI=1S/C20H36N4O3/c1-3-4-5-10-21-20(27)17-6-11-23(12-7-17)15-19(26)22-18-8-13-24(14-9-18)16(2)25/h17-18H,3-15H2,1-2H3,(H,21,27)(H,22,26). The van der Waals surface area contributed by atoms with Crippen LogP contribution in [0.2, 0.25) is 0 Å². The minimum absolute atomic E-state index is 0.0544. The highest BCUT2D eigenvalue weighted by molar-refractivity contribution is 5.79. The van der Waals surface area contributed by atoms with E-state index in [0.717, 1.165) is 77.7 Å². The maximum Gasteiger partial charge on any atom is 0.234 e. The second-order valence-corrected chi connectivity index (χ2v) is 7.90. The summed E-state index contributed by atoms with van der Waals surface area (Å²) >= 11 is 0. The predicted molar refractivity (Wildman–Crippen MR) is 105 cm³/mol. The molecule has 0 radical (unpaired) electrons. The van der Waals surface area contributed by atoms with Gasteiger partial charge in [-0.25, -0.2) is 0 Å². The van der Waals surface area contributed by atoms with Crippen molar-refractivity contribution in [2.24, 2.45) is 5.92 Å². The van der Waals surface area contributed by atoms with E-state index in [9.17, 15) is 14.4 Å². The van der Waals surface area contributed by atoms with Crippen molar-refractivity contribution < 1.29 is 14.4 Å². The molecule has 27 heavy (non-hydrogen) atoms. The summed E-state index contributed by atoms with van der Waals surface area (Å²) in [6, 6.07) is 0.166. The monoisotopic (exact) mass is 380 g/mol. The average molecular weight is 381 g/mol. The maximum atomic E-state index is 12.3. The molecule has 0 aromatic rings. The number of nitrogens with zero attached hydrogens (tertiary/aromatic N) is 2. The zero-order chi connectivity index (χ0) is 19.6. The molecule has 0 bridgehead atoms. The third-order valence-electron chi connectivity index (χ3n) is 5.71. The van der Waals surface area contributed by atoms with Gasteiger partial charge in [-0.05, 0) is 45.2 Å². The van der Waals surface area contributed by atoms with Crippen LogP contribution in [0.15, 0.2) is 0 Å². The van der Waals surface area contributed by atoms with Gasteiger partial charge >= 0.3 is 0 Å². The van der Waals surface area contributed by atoms with E-state index in [4.69, 9.17) is 0 Å². The van der Waals surface area contributed by atoms with Gasteiger partial charge in [0.2, 0.25) is 17.7 Å². The number of piperidine rings is 2. The van der Waals surface area contributed by atoms with Crippen molar-refractivity contribution in [2.75, 3.05) is 39.3 Å². The lowest BCUT2D eigenvalue weighted by molar-refractivity contribution is -0.130. The molecule has 2 fully saturated rings. The molecule has 7 heteroatoms. The molecule has 2 heterocycles. The molecule has 7 nitrogen and oxygen atoms in total. The van der Waals surface area contributed by atoms with Crippen molar-refractivity contribution >= 4 is 17.7 Å². The second-order valence-electron chi connectivity index (χ2n) is 7.90. The molecule has 0 aromatic heterocycles. The second kappa shape index (κ2) is 11.3. The summed E-state index contributed by atoms with van der Waals surface area (Å²) in [6.45, 7) is 7.96. The topological polar surface area (TPSA) is 81.8 Å². The lowest BCUT2D eigenvalue weighted by Gasteiger charge is -2.33. The summed E-state index contributed by atoms with van der Waals surface area (Å²) in [6.07, 6.45) is 6.66. The molecule has 2 aliphatic rings. The van der Waals surface area contributed by atoms with Crippen LogP contribution in [0.3, 0.4) is 0 Å². The highest BCUT2D eigenvalue weighted by Crippen LogP contribution is 2.17. The number of carbonyl (C=O) groups is 3. The fraction of sp³-hybridized carbons (Fsp3) is 0.850. The van der Waals surface area contributed by atoms with Crippen LogP contribution in [0.4, 0.5) is 0 Å². The van der Waals surface area contributed by atoms with Crippen LogP contribution in [0.25, 0.3) is 0 Å². The molecule has 0 unspecified atom stereocenters. The van der Waals surface area contributed by atoms with Gasteiger partial charge in [-0.3, -0.25) is 19.3 Å². The highest BCUT2D eigenvalue weighted by Gasteiger charge is 2.27. The van der Waals surface area contributed by atoms with Crippen molar-refractivity contribution in [3.8, 4) is 0 Å². The highest BCUT2D eigenvalue weighted by atomic mass is 16.2. The van der Waals surface area contributed by atoms with Gasteiger partial charge in [0.25, 0.3) is 0 Å². The van der Waals surface area contributed by atoms with E-state index < -0.39 is 0 Å². The first kappa shape index (κ1) is 21.7. The van der Waals surface area contributed by atoms with Gasteiger partial charge in [-0.2, -0.15) is 0 Å². The van der Waals surface area contributed by atoms with E-state index in [2.05, 4.69) is 22.5 Å². The largest absolute Gasteiger partial charge is 0.356 e. The summed E-state index contributed by atoms with van der Waals surface area (Å²) in [5.74, 6) is 0.421. The van der Waals surface area contributed by atoms with Gasteiger partial charge in [0.1, 0.15) is 0 Å². The number of likely N-dealkylation sites (tertiary alicyclic amines) is 2. The number of unbranched alkanes of at least 4 members (excludes halogenated alkanes) is 2. The number of nitrogens with one attached hydrogen (secondary N) is 2. The summed E-state index contributed by atoms with van der Waals surface area (Å²) in [5, 5.41) is 6.15. The molecule has 2 N–H and O–H groups in total. The van der Waals surface area contributed by atoms with E-state index in [0.29, 0.717) is 6.54 Å². The van der Waals surface area contributed by atoms with Crippen molar-refractivity contribution in [3.63, 3.8) is 0 Å². The quantitative estimate of drug-likeness (QED) is 0.619. The van der Waals surface area contributed by atoms with Crippen LogP contribution < -0.4 is 10.6 Å². The Hall–Kier alpha value is -1.63. The number of rotatable bonds is 8. The van der Waals surface area contributed by atoms with Gasteiger partial charge in [0, 0.05) is 38.5 Å². The minimum Gasteiger partial charge on any atom is -0.356 e. The molecule has 0 atom stereocenters. The Balaban J connectivity index is 1.60. The maximum absolute atomic E-state index is 12.3. The van der Waals surface area contributed by atoms with E-state index in [1.165, 1.54) is 0 Å². The van der Waals surface area contributed by atoms with Gasteiger partial charge in [-0.15, -0.1) is 0 Å². The smallest absolute Gasteiger partial charge is 0.234 e. The molecule has 0 aromatic carbocycles. The zero-order valence-electron chi connectivity index (χ0n) is 17.0. The third-order valence-corrected chi connectivity index (χ3v) is 5.71. The van der Waals surface area contributed by atoms with Crippen molar-refractivity contribution in [3.05, 3.63) is 0 Å². The Kier molecular flexibility index (Phi) is 9.04. The third kappa shape index (κ3) is 7.48. The molecular formula is C20H36N4O3. The van der Waals surface area contributed by atoms with Crippen LogP contribution in [0, 0.1) is 5.92 Å². The van der Waals surface area contributed by atoms with Crippen LogP contribution >= 0.6 is 0 Å². The molecule has 2 saturated heterocycles. The first-order valence-corrected chi connectivity index (χ1v) is 10.5. The van der Waals surface area contributed by atoms with Crippen molar-refractivity contribution in [2.45, 2.75) is 64.8 Å². The summed E-state index contributed by atoms with van der Waals surface area (Å²) < 4.78 is 0. The van der Waals surface area contributed by atoms with E-state index in [1.807, 2.05) is 4.90 Å². The average Bonchev–Trinajstić information content (AvgIpc) is 2.66. The lowest BCUT2D eigenvalue weighted by Crippen LogP contribution is -2.49. The Bertz CT molecular complexity index is 495. The van der Waals surface area contributed by atoms with Gasteiger partial charge in [-0.1, -0.05) is 19.8 Å². The molecule has 0 saturated carbocycles. The predicted octanol–water partition coefficient (Wildman–Crippen LogP) is 1.13. The van der Waals surface area contributed by atoms with Crippen LogP contribution in [0.1, 0.15) is 58.8 Å². The number of hydrogen-bond donors (Lipinski definition) is 2. The fourth-order valence-electron chi connectivity index (χ4n) is 3.90. The first-order chi connectivity index (χ1) is 13.0. The first-order valence-electron chi connectivity index (χ1n) is 10.5. The van der Waals surface area contributed by atoms with Crippen LogP contribution in [-0.4, -0.2) is 72.8 Å². The Morgan fingerprint density at radius 1 is 0.963 bits per heavy atom. The van der Waals surface area contributed by atoms with E-state index in [-0.39, 0.29) is 29.7 Å². The van der Waals surface area contributed by atoms with Crippen molar-refractivity contribution in [1.82, 2.24) is 20.4 Å². The van der Waals surface area contributed by atoms with Crippen molar-refractivity contribution in [1.29, 1.82) is 0 Å². The fourth-order valence-corrected chi connectivity index (χ4v) is 3.90. The Morgan fingerprint density at radius 3 is 2.22 bits per heavy atom. The van der Waals surface area contributed by atoms with Crippen LogP contribution in [-0.2, 0) is 14.4 Å². The zero-order valence-corrected chi connectivity index (χ0v) is 17.0. The van der Waals surface area contributed by atoms with E-state index in [1.54, 1.807) is 6.92 Å². The molecule has 154 valence electrons. The summed E-state index contributed by atoms with van der Waals surface area (Å²) in [7, 11) is 0. The van der Waals surface area contributed by atoms with Gasteiger partial charge in [0.15, 0.2) is 0 Å². The Labute approximate surface area is 163 Å². The minimum atomic E-state index is 0.0544. The van der Waals surface area contributed by atoms with Gasteiger partial charge < -0.3 is 15.5 Å². The molecule has 2 aliphatic heterocycles. The van der Waals surface area contributed by atoms with E-state index >= 15 is 0 Å². The molecule has 2 rings (SSSR count). The molecule has 0 spiro atoms. The number of amides is 3. The normalized spacial score (nSPS) is 19.7. The number of hydrogen-bond acceptors (Lipinski definition) is 4. The summed E-state index contributed by atoms with van der Waals surface area (Å²) in [5.41, 5.74) is 0. The lowest BCUT2D eigenvalue weighted by atomic mass is 9.96. The van der Waals surface area contributed by atoms with Gasteiger partial charge in [0.05, 0.1) is 6.54 Å². The van der Waals surface area contributed by atoms with Crippen LogP contribution in [0.5, 0.6) is 0 Å². The molecule has 3 amide bonds. The number of carbonyl (C=O) groups excluding carboxylic acids is 3. The molecule has 0 aliphatic carbocycles. The summed E-state index contributed by atoms with van der Waals surface area (Å²) in [4.78, 5) is 39.8. The molecular weight excluding hydrogens is 344 g/mol. The SMILES string of the molecule is CCCCCNC(=O)C1CCN(CC(=O)NC2CCN(C(C)=O)CC2)CC1. The Morgan fingerprint density at radius 2 is 1.63 bits per heavy atom.